The smallest absolute Gasteiger partial charge is 0.174 e. The highest BCUT2D eigenvalue weighted by Crippen LogP contribution is 2.25. The molecule has 124 valence electrons. The van der Waals surface area contributed by atoms with Crippen molar-refractivity contribution in [2.75, 3.05) is 12.4 Å². The third-order valence-electron chi connectivity index (χ3n) is 4.21. The van der Waals surface area contributed by atoms with E-state index in [1.54, 1.807) is 11.3 Å². The van der Waals surface area contributed by atoms with Crippen LogP contribution in [0.1, 0.15) is 40.3 Å². The standard InChI is InChI=1S/C17H22N2O2S2/c1-11-9-22-17(18-11)23-10-16(20)15-7-12(2)19(13(15)3)8-14-5-4-6-21-14/h7,9,14H,4-6,8,10H2,1-3H3. The van der Waals surface area contributed by atoms with Gasteiger partial charge in [0.1, 0.15) is 0 Å². The molecule has 3 heterocycles. The van der Waals surface area contributed by atoms with E-state index in [-0.39, 0.29) is 11.9 Å². The number of thioether (sulfide) groups is 1. The van der Waals surface area contributed by atoms with E-state index in [2.05, 4.69) is 16.5 Å². The number of ether oxygens (including phenoxy) is 1. The van der Waals surface area contributed by atoms with Crippen LogP contribution in [0.5, 0.6) is 0 Å². The predicted octanol–water partition coefficient (Wildman–Crippen LogP) is 4.02. The zero-order valence-electron chi connectivity index (χ0n) is 13.8. The lowest BCUT2D eigenvalue weighted by Gasteiger charge is -2.14. The number of nitrogens with zero attached hydrogens (tertiary/aromatic N) is 2. The Morgan fingerprint density at radius 3 is 2.96 bits per heavy atom. The third kappa shape index (κ3) is 3.87. The Morgan fingerprint density at radius 1 is 1.48 bits per heavy atom. The van der Waals surface area contributed by atoms with Crippen LogP contribution >= 0.6 is 23.1 Å². The SMILES string of the molecule is Cc1csc(SCC(=O)c2cc(C)n(CC3CCCO3)c2C)n1. The molecule has 1 aliphatic heterocycles. The minimum absolute atomic E-state index is 0.176. The van der Waals surface area contributed by atoms with Crippen molar-refractivity contribution in [1.82, 2.24) is 9.55 Å². The van der Waals surface area contributed by atoms with Gasteiger partial charge in [-0.1, -0.05) is 11.8 Å². The molecule has 23 heavy (non-hydrogen) atoms. The summed E-state index contributed by atoms with van der Waals surface area (Å²) < 4.78 is 8.91. The average molecular weight is 351 g/mol. The van der Waals surface area contributed by atoms with Gasteiger partial charge in [0, 0.05) is 41.2 Å². The first-order valence-electron chi connectivity index (χ1n) is 7.91. The van der Waals surface area contributed by atoms with Gasteiger partial charge in [0.15, 0.2) is 10.1 Å². The molecule has 1 fully saturated rings. The number of hydrogen-bond donors (Lipinski definition) is 0. The number of carbonyl (C=O) groups is 1. The number of thiazole rings is 1. The topological polar surface area (TPSA) is 44.1 Å². The number of ketones is 1. The largest absolute Gasteiger partial charge is 0.376 e. The number of hydrogen-bond acceptors (Lipinski definition) is 5. The number of Topliss-reactive ketones (excluding diaryl/α,β-unsaturated/α-hetero) is 1. The highest BCUT2D eigenvalue weighted by atomic mass is 32.2. The number of aryl methyl sites for hydroxylation is 2. The quantitative estimate of drug-likeness (QED) is 0.583. The molecule has 0 bridgehead atoms. The van der Waals surface area contributed by atoms with E-state index in [1.165, 1.54) is 11.8 Å². The number of carbonyl (C=O) groups excluding carboxylic acids is 1. The summed E-state index contributed by atoms with van der Waals surface area (Å²) in [5, 5.41) is 2.01. The van der Waals surface area contributed by atoms with E-state index >= 15 is 0 Å². The zero-order valence-corrected chi connectivity index (χ0v) is 15.4. The van der Waals surface area contributed by atoms with Crippen molar-refractivity contribution < 1.29 is 9.53 Å². The molecule has 1 atom stereocenters. The number of rotatable bonds is 6. The number of aromatic nitrogens is 2. The lowest BCUT2D eigenvalue weighted by molar-refractivity contribution is 0.0957. The molecule has 2 aromatic heterocycles. The van der Waals surface area contributed by atoms with Crippen LogP contribution in [0.2, 0.25) is 0 Å². The van der Waals surface area contributed by atoms with Gasteiger partial charge in [-0.15, -0.1) is 11.3 Å². The summed E-state index contributed by atoms with van der Waals surface area (Å²) in [6.45, 7) is 7.79. The van der Waals surface area contributed by atoms with Gasteiger partial charge in [0.2, 0.25) is 0 Å². The van der Waals surface area contributed by atoms with Crippen LogP contribution in [0.15, 0.2) is 15.8 Å². The first-order chi connectivity index (χ1) is 11.0. The van der Waals surface area contributed by atoms with Gasteiger partial charge in [-0.05, 0) is 39.7 Å². The summed E-state index contributed by atoms with van der Waals surface area (Å²) in [4.78, 5) is 17.0. The molecule has 0 saturated carbocycles. The molecule has 6 heteroatoms. The van der Waals surface area contributed by atoms with Crippen LogP contribution in [-0.4, -0.2) is 33.8 Å². The van der Waals surface area contributed by atoms with Gasteiger partial charge in [0.25, 0.3) is 0 Å². The van der Waals surface area contributed by atoms with Gasteiger partial charge in [0.05, 0.1) is 11.9 Å². The molecule has 0 spiro atoms. The fourth-order valence-electron chi connectivity index (χ4n) is 2.96. The lowest BCUT2D eigenvalue weighted by atomic mass is 10.2. The van der Waals surface area contributed by atoms with Crippen molar-refractivity contribution in [3.8, 4) is 0 Å². The van der Waals surface area contributed by atoms with Crippen molar-refractivity contribution in [2.45, 2.75) is 50.6 Å². The van der Waals surface area contributed by atoms with Crippen molar-refractivity contribution >= 4 is 28.9 Å². The summed E-state index contributed by atoms with van der Waals surface area (Å²) in [5.74, 6) is 0.617. The van der Waals surface area contributed by atoms with Gasteiger partial charge in [-0.2, -0.15) is 0 Å². The van der Waals surface area contributed by atoms with Gasteiger partial charge < -0.3 is 9.30 Å². The van der Waals surface area contributed by atoms with Crippen LogP contribution in [0.4, 0.5) is 0 Å². The monoisotopic (exact) mass is 350 g/mol. The van der Waals surface area contributed by atoms with Crippen molar-refractivity contribution in [3.63, 3.8) is 0 Å². The Kier molecular flexibility index (Phi) is 5.24. The van der Waals surface area contributed by atoms with Crippen LogP contribution in [-0.2, 0) is 11.3 Å². The predicted molar refractivity (Wildman–Crippen MR) is 94.8 cm³/mol. The van der Waals surface area contributed by atoms with E-state index in [4.69, 9.17) is 4.74 Å². The minimum atomic E-state index is 0.176. The Balaban J connectivity index is 1.68. The Morgan fingerprint density at radius 2 is 2.30 bits per heavy atom. The van der Waals surface area contributed by atoms with E-state index in [9.17, 15) is 4.79 Å². The van der Waals surface area contributed by atoms with Crippen LogP contribution in [0.3, 0.4) is 0 Å². The zero-order chi connectivity index (χ0) is 16.4. The van der Waals surface area contributed by atoms with E-state index < -0.39 is 0 Å². The summed E-state index contributed by atoms with van der Waals surface area (Å²) in [6.07, 6.45) is 2.54. The molecular weight excluding hydrogens is 328 g/mol. The van der Waals surface area contributed by atoms with Crippen LogP contribution in [0.25, 0.3) is 0 Å². The van der Waals surface area contributed by atoms with Crippen molar-refractivity contribution in [1.29, 1.82) is 0 Å². The van der Waals surface area contributed by atoms with Gasteiger partial charge >= 0.3 is 0 Å². The molecule has 1 saturated heterocycles. The van der Waals surface area contributed by atoms with E-state index in [0.717, 1.165) is 53.0 Å². The maximum Gasteiger partial charge on any atom is 0.174 e. The Labute approximate surface area is 145 Å². The second-order valence-corrected chi connectivity index (χ2v) is 8.08. The molecule has 1 aliphatic rings. The van der Waals surface area contributed by atoms with E-state index in [0.29, 0.717) is 5.75 Å². The molecule has 0 amide bonds. The van der Waals surface area contributed by atoms with Gasteiger partial charge in [-0.25, -0.2) is 4.98 Å². The molecule has 0 aromatic carbocycles. The molecule has 2 aromatic rings. The molecular formula is C17H22N2O2S2. The normalized spacial score (nSPS) is 17.8. The maximum absolute atomic E-state index is 12.6. The summed E-state index contributed by atoms with van der Waals surface area (Å²) in [6, 6.07) is 2.01. The molecule has 0 radical (unpaired) electrons. The van der Waals surface area contributed by atoms with Crippen molar-refractivity contribution in [3.05, 3.63) is 34.1 Å². The maximum atomic E-state index is 12.6. The summed E-state index contributed by atoms with van der Waals surface area (Å²) >= 11 is 3.12. The minimum Gasteiger partial charge on any atom is -0.376 e. The first kappa shape index (κ1) is 16.7. The molecule has 3 rings (SSSR count). The average Bonchev–Trinajstić information content (AvgIpc) is 3.23. The third-order valence-corrected chi connectivity index (χ3v) is 6.35. The fourth-order valence-corrected chi connectivity index (χ4v) is 4.69. The second kappa shape index (κ2) is 7.20. The van der Waals surface area contributed by atoms with Crippen LogP contribution < -0.4 is 0 Å². The summed E-state index contributed by atoms with van der Waals surface area (Å²) in [5.41, 5.74) is 4.04. The lowest BCUT2D eigenvalue weighted by Crippen LogP contribution is -2.17. The fraction of sp³-hybridized carbons (Fsp3) is 0.529. The van der Waals surface area contributed by atoms with E-state index in [1.807, 2.05) is 25.3 Å². The van der Waals surface area contributed by atoms with Crippen LogP contribution in [0, 0.1) is 20.8 Å². The summed E-state index contributed by atoms with van der Waals surface area (Å²) in [7, 11) is 0. The Hall–Kier alpha value is -1.11. The first-order valence-corrected chi connectivity index (χ1v) is 9.77. The Bertz CT molecular complexity index is 700. The highest BCUT2D eigenvalue weighted by molar-refractivity contribution is 8.01. The highest BCUT2D eigenvalue weighted by Gasteiger charge is 2.21. The molecule has 1 unspecified atom stereocenters. The molecule has 4 nitrogen and oxygen atoms in total. The second-order valence-electron chi connectivity index (χ2n) is 6.00. The van der Waals surface area contributed by atoms with Crippen molar-refractivity contribution in [2.24, 2.45) is 0 Å². The molecule has 0 aliphatic carbocycles. The molecule has 0 N–H and O–H groups in total. The van der Waals surface area contributed by atoms with Gasteiger partial charge in [-0.3, -0.25) is 4.79 Å².